The van der Waals surface area contributed by atoms with Gasteiger partial charge in [-0.1, -0.05) is 24.3 Å². The summed E-state index contributed by atoms with van der Waals surface area (Å²) in [6.45, 7) is 5.40. The number of carbonyl (C=O) groups excluding carboxylic acids is 1. The predicted octanol–water partition coefficient (Wildman–Crippen LogP) is 3.38. The summed E-state index contributed by atoms with van der Waals surface area (Å²) in [7, 11) is -3.67. The Bertz CT molecular complexity index is 1180. The number of anilines is 1. The maximum Gasteiger partial charge on any atom is 0.240 e. The van der Waals surface area contributed by atoms with E-state index in [9.17, 15) is 13.2 Å². The van der Waals surface area contributed by atoms with Gasteiger partial charge in [-0.3, -0.25) is 4.79 Å². The molecule has 1 aromatic heterocycles. The molecule has 0 saturated heterocycles. The van der Waals surface area contributed by atoms with Gasteiger partial charge < -0.3 is 5.32 Å². The average Bonchev–Trinajstić information content (AvgIpc) is 2.70. The van der Waals surface area contributed by atoms with Gasteiger partial charge in [0.2, 0.25) is 15.9 Å². The predicted molar refractivity (Wildman–Crippen MR) is 117 cm³/mol. The van der Waals surface area contributed by atoms with Crippen LogP contribution in [0.15, 0.2) is 59.6 Å². The number of benzene rings is 2. The molecular formula is C22H24N4O3S. The number of nitrogens with one attached hydrogen (secondary N) is 2. The van der Waals surface area contributed by atoms with E-state index in [1.807, 2.05) is 38.1 Å². The van der Waals surface area contributed by atoms with Gasteiger partial charge in [0.15, 0.2) is 0 Å². The molecule has 1 amide bonds. The van der Waals surface area contributed by atoms with Gasteiger partial charge in [-0.15, -0.1) is 0 Å². The summed E-state index contributed by atoms with van der Waals surface area (Å²) >= 11 is 0. The van der Waals surface area contributed by atoms with E-state index < -0.39 is 10.0 Å². The molecule has 0 aliphatic carbocycles. The van der Waals surface area contributed by atoms with E-state index in [0.29, 0.717) is 17.1 Å². The van der Waals surface area contributed by atoms with E-state index in [-0.39, 0.29) is 23.8 Å². The number of hydrogen-bond donors (Lipinski definition) is 2. The van der Waals surface area contributed by atoms with Crippen LogP contribution < -0.4 is 10.0 Å². The first-order valence-corrected chi connectivity index (χ1v) is 11.0. The van der Waals surface area contributed by atoms with Crippen molar-refractivity contribution in [3.05, 3.63) is 71.7 Å². The van der Waals surface area contributed by atoms with Crippen LogP contribution in [0.5, 0.6) is 0 Å². The lowest BCUT2D eigenvalue weighted by molar-refractivity contribution is -0.116. The van der Waals surface area contributed by atoms with Crippen LogP contribution in [0, 0.1) is 20.8 Å². The van der Waals surface area contributed by atoms with Crippen LogP contribution in [-0.4, -0.2) is 30.8 Å². The number of hydrogen-bond acceptors (Lipinski definition) is 5. The van der Waals surface area contributed by atoms with Crippen molar-refractivity contribution in [2.24, 2.45) is 0 Å². The van der Waals surface area contributed by atoms with Gasteiger partial charge in [0.25, 0.3) is 0 Å². The summed E-state index contributed by atoms with van der Waals surface area (Å²) in [6, 6.07) is 14.4. The Morgan fingerprint density at radius 3 is 2.60 bits per heavy atom. The fourth-order valence-corrected chi connectivity index (χ4v) is 4.33. The van der Waals surface area contributed by atoms with E-state index >= 15 is 0 Å². The molecule has 2 aromatic carbocycles. The Hall–Kier alpha value is -3.10. The van der Waals surface area contributed by atoms with E-state index in [0.717, 1.165) is 16.8 Å². The molecule has 0 fully saturated rings. The van der Waals surface area contributed by atoms with E-state index in [1.165, 1.54) is 0 Å². The number of amides is 1. The SMILES string of the molecule is Cc1ccc(C)c(S(=O)(=O)NCCC(=O)Nc2cccc(-c3ccnc(C)n3)c2)c1. The van der Waals surface area contributed by atoms with Gasteiger partial charge in [0.05, 0.1) is 10.6 Å². The number of rotatable bonds is 7. The molecule has 0 aliphatic rings. The summed E-state index contributed by atoms with van der Waals surface area (Å²) in [5.74, 6) is 0.382. The third-order valence-electron chi connectivity index (χ3n) is 4.50. The first-order valence-electron chi connectivity index (χ1n) is 9.51. The molecule has 7 nitrogen and oxygen atoms in total. The van der Waals surface area contributed by atoms with Crippen molar-refractivity contribution in [1.29, 1.82) is 0 Å². The standard InChI is InChI=1S/C22H24N4O3S/c1-15-7-8-16(2)21(13-15)30(28,29)24-12-10-22(27)26-19-6-4-5-18(14-19)20-9-11-23-17(3)25-20/h4-9,11,13-14,24H,10,12H2,1-3H3,(H,26,27). The van der Waals surface area contributed by atoms with Crippen LogP contribution in [0.2, 0.25) is 0 Å². The molecule has 0 unspecified atom stereocenters. The lowest BCUT2D eigenvalue weighted by atomic mass is 10.1. The topological polar surface area (TPSA) is 101 Å². The highest BCUT2D eigenvalue weighted by molar-refractivity contribution is 7.89. The molecule has 8 heteroatoms. The first-order chi connectivity index (χ1) is 14.2. The Labute approximate surface area is 176 Å². The molecule has 2 N–H and O–H groups in total. The van der Waals surface area contributed by atoms with Crippen molar-refractivity contribution in [3.8, 4) is 11.3 Å². The van der Waals surface area contributed by atoms with Crippen molar-refractivity contribution in [3.63, 3.8) is 0 Å². The normalized spacial score (nSPS) is 11.3. The van der Waals surface area contributed by atoms with Gasteiger partial charge >= 0.3 is 0 Å². The van der Waals surface area contributed by atoms with E-state index in [2.05, 4.69) is 20.0 Å². The second-order valence-electron chi connectivity index (χ2n) is 7.03. The fraction of sp³-hybridized carbons (Fsp3) is 0.227. The molecule has 0 bridgehead atoms. The molecule has 3 rings (SSSR count). The molecule has 0 saturated carbocycles. The van der Waals surface area contributed by atoms with E-state index in [4.69, 9.17) is 0 Å². The summed E-state index contributed by atoms with van der Waals surface area (Å²) in [5, 5.41) is 2.80. The zero-order valence-electron chi connectivity index (χ0n) is 17.1. The molecule has 0 radical (unpaired) electrons. The second kappa shape index (κ2) is 9.15. The van der Waals surface area contributed by atoms with Crippen LogP contribution in [0.1, 0.15) is 23.4 Å². The van der Waals surface area contributed by atoms with Crippen LogP contribution in [-0.2, 0) is 14.8 Å². The molecule has 30 heavy (non-hydrogen) atoms. The molecule has 0 aliphatic heterocycles. The zero-order valence-corrected chi connectivity index (χ0v) is 18.0. The largest absolute Gasteiger partial charge is 0.326 e. The van der Waals surface area contributed by atoms with Crippen molar-refractivity contribution >= 4 is 21.6 Å². The van der Waals surface area contributed by atoms with Gasteiger partial charge in [-0.2, -0.15) is 0 Å². The van der Waals surface area contributed by atoms with E-state index in [1.54, 1.807) is 37.4 Å². The maximum atomic E-state index is 12.5. The minimum atomic E-state index is -3.67. The highest BCUT2D eigenvalue weighted by Gasteiger charge is 2.17. The molecule has 0 atom stereocenters. The van der Waals surface area contributed by atoms with Crippen LogP contribution in [0.3, 0.4) is 0 Å². The quantitative estimate of drug-likeness (QED) is 0.606. The first kappa shape index (κ1) is 21.6. The number of aromatic nitrogens is 2. The van der Waals surface area contributed by atoms with Gasteiger partial charge in [-0.05, 0) is 56.2 Å². The van der Waals surface area contributed by atoms with Crippen molar-refractivity contribution in [1.82, 2.24) is 14.7 Å². The highest BCUT2D eigenvalue weighted by Crippen LogP contribution is 2.21. The minimum Gasteiger partial charge on any atom is -0.326 e. The molecule has 156 valence electrons. The monoisotopic (exact) mass is 424 g/mol. The summed E-state index contributed by atoms with van der Waals surface area (Å²) in [6.07, 6.45) is 1.70. The van der Waals surface area contributed by atoms with Crippen molar-refractivity contribution in [2.45, 2.75) is 32.1 Å². The van der Waals surface area contributed by atoms with Gasteiger partial charge in [0.1, 0.15) is 5.82 Å². The number of carbonyl (C=O) groups is 1. The van der Waals surface area contributed by atoms with Gasteiger partial charge in [-0.25, -0.2) is 23.1 Å². The maximum absolute atomic E-state index is 12.5. The third kappa shape index (κ3) is 5.49. The van der Waals surface area contributed by atoms with Gasteiger partial charge in [0, 0.05) is 30.4 Å². The van der Waals surface area contributed by atoms with Crippen LogP contribution >= 0.6 is 0 Å². The Kier molecular flexibility index (Phi) is 6.59. The lowest BCUT2D eigenvalue weighted by Crippen LogP contribution is -2.28. The van der Waals surface area contributed by atoms with Crippen molar-refractivity contribution in [2.75, 3.05) is 11.9 Å². The molecule has 1 heterocycles. The summed E-state index contributed by atoms with van der Waals surface area (Å²) in [5.41, 5.74) is 3.76. The second-order valence-corrected chi connectivity index (χ2v) is 8.77. The Morgan fingerprint density at radius 2 is 1.83 bits per heavy atom. The highest BCUT2D eigenvalue weighted by atomic mass is 32.2. The summed E-state index contributed by atoms with van der Waals surface area (Å²) in [4.78, 5) is 21.0. The Balaban J connectivity index is 1.60. The lowest BCUT2D eigenvalue weighted by Gasteiger charge is -2.11. The number of sulfonamides is 1. The van der Waals surface area contributed by atoms with Crippen LogP contribution in [0.25, 0.3) is 11.3 Å². The molecule has 3 aromatic rings. The number of nitrogens with zero attached hydrogens (tertiary/aromatic N) is 2. The fourth-order valence-electron chi connectivity index (χ4n) is 2.97. The van der Waals surface area contributed by atoms with Crippen molar-refractivity contribution < 1.29 is 13.2 Å². The smallest absolute Gasteiger partial charge is 0.240 e. The Morgan fingerprint density at radius 1 is 1.03 bits per heavy atom. The minimum absolute atomic E-state index is 0.00629. The summed E-state index contributed by atoms with van der Waals surface area (Å²) < 4.78 is 27.5. The average molecular weight is 425 g/mol. The van der Waals surface area contributed by atoms with Crippen LogP contribution in [0.4, 0.5) is 5.69 Å². The third-order valence-corrected chi connectivity index (χ3v) is 6.10. The zero-order chi connectivity index (χ0) is 21.7. The molecular weight excluding hydrogens is 400 g/mol. The molecule has 0 spiro atoms. The number of aryl methyl sites for hydroxylation is 3.